The van der Waals surface area contributed by atoms with Crippen LogP contribution < -0.4 is 10.5 Å². The lowest BCUT2D eigenvalue weighted by molar-refractivity contribution is -0.138. The number of nitrogens with zero attached hydrogens (tertiary/aromatic N) is 4. The van der Waals surface area contributed by atoms with E-state index in [1.165, 1.54) is 57.8 Å². The molecule has 2 saturated carbocycles. The summed E-state index contributed by atoms with van der Waals surface area (Å²) in [6.07, 6.45) is 14.8. The summed E-state index contributed by atoms with van der Waals surface area (Å²) in [5.41, 5.74) is 1.82. The average Bonchev–Trinajstić information content (AvgIpc) is 3.01. The number of hydrogen-bond acceptors (Lipinski definition) is 5. The van der Waals surface area contributed by atoms with Crippen molar-refractivity contribution in [1.82, 2.24) is 14.5 Å². The van der Waals surface area contributed by atoms with E-state index in [2.05, 4.69) is 15.5 Å². The Bertz CT molecular complexity index is 1210. The van der Waals surface area contributed by atoms with E-state index in [9.17, 15) is 9.59 Å². The third kappa shape index (κ3) is 4.27. The van der Waals surface area contributed by atoms with E-state index in [0.717, 1.165) is 41.8 Å². The van der Waals surface area contributed by atoms with Gasteiger partial charge in [0, 0.05) is 43.2 Å². The monoisotopic (exact) mass is 504 g/mol. The van der Waals surface area contributed by atoms with Gasteiger partial charge in [0.2, 0.25) is 0 Å². The van der Waals surface area contributed by atoms with Crippen molar-refractivity contribution >= 4 is 22.8 Å². The summed E-state index contributed by atoms with van der Waals surface area (Å²) in [6, 6.07) is 10.2. The van der Waals surface area contributed by atoms with Crippen molar-refractivity contribution in [3.63, 3.8) is 0 Å². The third-order valence-corrected chi connectivity index (χ3v) is 10.4. The smallest absolute Gasteiger partial charge is 0.303 e. The van der Waals surface area contributed by atoms with Gasteiger partial charge >= 0.3 is 5.97 Å². The summed E-state index contributed by atoms with van der Waals surface area (Å²) >= 11 is 0. The minimum Gasteiger partial charge on any atom is -0.481 e. The Labute approximate surface area is 218 Å². The van der Waals surface area contributed by atoms with Gasteiger partial charge < -0.3 is 14.6 Å². The predicted molar refractivity (Wildman–Crippen MR) is 144 cm³/mol. The van der Waals surface area contributed by atoms with Crippen LogP contribution in [0.3, 0.4) is 0 Å². The van der Waals surface area contributed by atoms with E-state index in [0.29, 0.717) is 31.0 Å². The highest BCUT2D eigenvalue weighted by atomic mass is 16.4. The van der Waals surface area contributed by atoms with Crippen LogP contribution in [0.1, 0.15) is 83.1 Å². The lowest BCUT2D eigenvalue weighted by atomic mass is 9.76. The molecule has 1 N–H and O–H groups in total. The Morgan fingerprint density at radius 1 is 0.865 bits per heavy atom. The molecule has 1 aromatic carbocycles. The van der Waals surface area contributed by atoms with Gasteiger partial charge in [0.1, 0.15) is 0 Å². The molecular formula is C30H40N4O3. The number of aliphatic carboxylic acids is 1. The van der Waals surface area contributed by atoms with E-state index in [1.54, 1.807) is 0 Å². The Kier molecular flexibility index (Phi) is 6.02. The molecular weight excluding hydrogens is 464 g/mol. The Balaban J connectivity index is 1.16. The van der Waals surface area contributed by atoms with Crippen molar-refractivity contribution in [2.45, 2.75) is 101 Å². The highest BCUT2D eigenvalue weighted by Gasteiger charge is 2.47. The first-order chi connectivity index (χ1) is 18.0. The van der Waals surface area contributed by atoms with Crippen LogP contribution >= 0.6 is 0 Å². The molecule has 0 amide bonds. The lowest BCUT2D eigenvalue weighted by Crippen LogP contribution is -2.53. The molecule has 2 unspecified atom stereocenters. The minimum absolute atomic E-state index is 0.00834. The number of piperidine rings is 1. The summed E-state index contributed by atoms with van der Waals surface area (Å²) in [5, 5.41) is 9.14. The number of para-hydroxylation sites is 2. The van der Waals surface area contributed by atoms with E-state index >= 15 is 0 Å². The van der Waals surface area contributed by atoms with Crippen molar-refractivity contribution in [2.24, 2.45) is 17.8 Å². The zero-order chi connectivity index (χ0) is 25.1. The molecule has 5 aliphatic rings. The molecule has 3 aliphatic heterocycles. The molecule has 7 nitrogen and oxygen atoms in total. The molecule has 2 aliphatic carbocycles. The number of hydrogen-bond donors (Lipinski definition) is 1. The van der Waals surface area contributed by atoms with E-state index in [1.807, 2.05) is 23.1 Å². The quantitative estimate of drug-likeness (QED) is 0.628. The summed E-state index contributed by atoms with van der Waals surface area (Å²) in [5.74, 6) is 1.69. The standard InChI is InChI=1S/C30H40N4O3/c35-28(36)14-21-17-32(18-21)29-30(37)34(27-8-4-3-7-26(27)31-29)25-15-22-9-10-23(16-25)33(22)24-12-19-5-1-2-6-20(11-19)13-24/h3-4,7-8,19-25H,1-2,5-6,9-18H2,(H,35,36)/t19-,20+,22-,23+,24?,25?. The zero-order valence-electron chi connectivity index (χ0n) is 21.8. The molecule has 7 rings (SSSR count). The van der Waals surface area contributed by atoms with Gasteiger partial charge in [-0.25, -0.2) is 4.98 Å². The predicted octanol–water partition coefficient (Wildman–Crippen LogP) is 4.83. The highest BCUT2D eigenvalue weighted by molar-refractivity contribution is 5.77. The molecule has 4 bridgehead atoms. The van der Waals surface area contributed by atoms with Crippen LogP contribution in [0.25, 0.3) is 11.0 Å². The SMILES string of the molecule is O=C(O)CC1CN(c2nc3ccccc3n(C3C[C@H]4CC[C@@H](C3)N4C3C[C@H]4CCCC[C@@H](C3)C4)c2=O)C1. The molecule has 4 heterocycles. The molecule has 0 radical (unpaired) electrons. The first-order valence-electron chi connectivity index (χ1n) is 14.8. The number of carboxylic acid groups (broad SMARTS) is 1. The number of benzene rings is 1. The molecule has 3 saturated heterocycles. The zero-order valence-corrected chi connectivity index (χ0v) is 21.8. The maximum absolute atomic E-state index is 14.0. The number of rotatable bonds is 5. The summed E-state index contributed by atoms with van der Waals surface area (Å²) < 4.78 is 2.07. The van der Waals surface area contributed by atoms with Crippen molar-refractivity contribution in [2.75, 3.05) is 18.0 Å². The fraction of sp³-hybridized carbons (Fsp3) is 0.700. The average molecular weight is 505 g/mol. The van der Waals surface area contributed by atoms with Crippen LogP contribution in [0, 0.1) is 17.8 Å². The van der Waals surface area contributed by atoms with Gasteiger partial charge in [-0.2, -0.15) is 0 Å². The lowest BCUT2D eigenvalue weighted by Gasteiger charge is -2.48. The first-order valence-corrected chi connectivity index (χ1v) is 14.8. The fourth-order valence-electron chi connectivity index (χ4n) is 8.93. The maximum atomic E-state index is 14.0. The van der Waals surface area contributed by atoms with E-state index in [4.69, 9.17) is 10.1 Å². The molecule has 6 atom stereocenters. The Morgan fingerprint density at radius 2 is 1.54 bits per heavy atom. The molecule has 0 spiro atoms. The van der Waals surface area contributed by atoms with Gasteiger partial charge in [-0.1, -0.05) is 37.8 Å². The Morgan fingerprint density at radius 3 is 2.22 bits per heavy atom. The van der Waals surface area contributed by atoms with Crippen LogP contribution in [0.4, 0.5) is 5.82 Å². The number of fused-ring (bicyclic) bond motifs is 5. The van der Waals surface area contributed by atoms with Gasteiger partial charge in [-0.05, 0) is 68.9 Å². The van der Waals surface area contributed by atoms with E-state index < -0.39 is 5.97 Å². The van der Waals surface area contributed by atoms with Gasteiger partial charge in [-0.3, -0.25) is 14.5 Å². The first kappa shape index (κ1) is 23.7. The molecule has 198 valence electrons. The van der Waals surface area contributed by atoms with Crippen LogP contribution in [0.15, 0.2) is 29.1 Å². The van der Waals surface area contributed by atoms with Crippen LogP contribution in [-0.4, -0.2) is 56.7 Å². The second-order valence-corrected chi connectivity index (χ2v) is 12.8. The van der Waals surface area contributed by atoms with Crippen LogP contribution in [0.2, 0.25) is 0 Å². The van der Waals surface area contributed by atoms with Crippen molar-refractivity contribution in [3.05, 3.63) is 34.6 Å². The molecule has 1 aromatic heterocycles. The van der Waals surface area contributed by atoms with Gasteiger partial charge in [0.15, 0.2) is 5.82 Å². The largest absolute Gasteiger partial charge is 0.481 e. The van der Waals surface area contributed by atoms with Gasteiger partial charge in [0.05, 0.1) is 17.5 Å². The van der Waals surface area contributed by atoms with Crippen molar-refractivity contribution in [1.29, 1.82) is 0 Å². The van der Waals surface area contributed by atoms with E-state index in [-0.39, 0.29) is 23.9 Å². The molecule has 5 fully saturated rings. The number of carboxylic acids is 1. The summed E-state index contributed by atoms with van der Waals surface area (Å²) in [6.45, 7) is 1.20. The summed E-state index contributed by atoms with van der Waals surface area (Å²) in [7, 11) is 0. The Hall–Kier alpha value is -2.41. The fourth-order valence-corrected chi connectivity index (χ4v) is 8.93. The van der Waals surface area contributed by atoms with Gasteiger partial charge in [0.25, 0.3) is 5.56 Å². The maximum Gasteiger partial charge on any atom is 0.303 e. The van der Waals surface area contributed by atoms with Crippen LogP contribution in [-0.2, 0) is 4.79 Å². The van der Waals surface area contributed by atoms with Gasteiger partial charge in [-0.15, -0.1) is 0 Å². The van der Waals surface area contributed by atoms with Crippen molar-refractivity contribution < 1.29 is 9.90 Å². The topological polar surface area (TPSA) is 78.7 Å². The normalized spacial score (nSPS) is 34.3. The second kappa shape index (κ2) is 9.40. The molecule has 2 aromatic rings. The number of anilines is 1. The highest BCUT2D eigenvalue weighted by Crippen LogP contribution is 2.48. The van der Waals surface area contributed by atoms with Crippen LogP contribution in [0.5, 0.6) is 0 Å². The summed E-state index contributed by atoms with van der Waals surface area (Å²) in [4.78, 5) is 34.8. The minimum atomic E-state index is -0.770. The molecule has 7 heteroatoms. The molecule has 37 heavy (non-hydrogen) atoms. The van der Waals surface area contributed by atoms with Crippen molar-refractivity contribution in [3.8, 4) is 0 Å². The second-order valence-electron chi connectivity index (χ2n) is 12.8. The third-order valence-electron chi connectivity index (χ3n) is 10.4. The number of aromatic nitrogens is 2. The number of carbonyl (C=O) groups is 1.